The summed E-state index contributed by atoms with van der Waals surface area (Å²) in [6.45, 7) is 2.97. The van der Waals surface area contributed by atoms with Crippen molar-refractivity contribution >= 4 is 22.6 Å². The number of ether oxygens (including phenoxy) is 2. The van der Waals surface area contributed by atoms with Gasteiger partial charge in [-0.15, -0.1) is 0 Å². The number of hydrogen-bond acceptors (Lipinski definition) is 6. The average molecular weight is 530 g/mol. The number of aliphatic hydroxyl groups is 1. The van der Waals surface area contributed by atoms with Gasteiger partial charge in [-0.1, -0.05) is 24.3 Å². The van der Waals surface area contributed by atoms with E-state index in [4.69, 9.17) is 15.2 Å². The Morgan fingerprint density at radius 3 is 2.59 bits per heavy atom. The van der Waals surface area contributed by atoms with Crippen LogP contribution in [0.25, 0.3) is 22.0 Å². The first-order valence-corrected chi connectivity index (χ1v) is 12.4. The minimum atomic E-state index is -1.65. The lowest BCUT2D eigenvalue weighted by atomic mass is 9.82. The molecule has 3 aromatic carbocycles. The van der Waals surface area contributed by atoms with Gasteiger partial charge in [-0.05, 0) is 61.7 Å². The van der Waals surface area contributed by atoms with Crippen molar-refractivity contribution in [1.82, 2.24) is 10.3 Å². The van der Waals surface area contributed by atoms with E-state index in [1.165, 1.54) is 38.3 Å². The number of fused-ring (bicyclic) bond motifs is 2. The maximum absolute atomic E-state index is 13.6. The van der Waals surface area contributed by atoms with Crippen LogP contribution in [-0.2, 0) is 15.8 Å². The molecule has 1 aliphatic heterocycles. The summed E-state index contributed by atoms with van der Waals surface area (Å²) in [5.41, 5.74) is 4.79. The highest BCUT2D eigenvalue weighted by atomic mass is 19.1. The van der Waals surface area contributed by atoms with Gasteiger partial charge in [0.15, 0.2) is 0 Å². The zero-order chi connectivity index (χ0) is 27.9. The van der Waals surface area contributed by atoms with Crippen LogP contribution in [0.4, 0.5) is 4.39 Å². The largest absolute Gasteiger partial charge is 0.496 e. The Hall–Kier alpha value is -4.50. The second-order valence-electron chi connectivity index (χ2n) is 10.1. The van der Waals surface area contributed by atoms with Crippen LogP contribution in [0.1, 0.15) is 35.5 Å². The highest BCUT2D eigenvalue weighted by Crippen LogP contribution is 2.45. The molecule has 9 heteroatoms. The van der Waals surface area contributed by atoms with Gasteiger partial charge in [0.2, 0.25) is 5.91 Å². The zero-order valence-corrected chi connectivity index (χ0v) is 21.7. The number of rotatable bonds is 7. The number of aromatic nitrogens is 1. The molecule has 1 aliphatic rings. The second-order valence-corrected chi connectivity index (χ2v) is 10.1. The van der Waals surface area contributed by atoms with E-state index < -0.39 is 28.6 Å². The lowest BCUT2D eigenvalue weighted by Crippen LogP contribution is -2.41. The van der Waals surface area contributed by atoms with Crippen LogP contribution < -0.4 is 20.5 Å². The molecule has 200 valence electrons. The van der Waals surface area contributed by atoms with Gasteiger partial charge in [0.05, 0.1) is 19.3 Å². The highest BCUT2D eigenvalue weighted by Gasteiger charge is 2.45. The molecule has 8 nitrogen and oxygen atoms in total. The third-order valence-corrected chi connectivity index (χ3v) is 7.19. The third-order valence-electron chi connectivity index (χ3n) is 7.19. The number of pyridine rings is 1. The lowest BCUT2D eigenvalue weighted by molar-refractivity contribution is -0.123. The Labute approximate surface area is 224 Å². The van der Waals surface area contributed by atoms with E-state index in [-0.39, 0.29) is 18.8 Å². The van der Waals surface area contributed by atoms with Gasteiger partial charge in [0.1, 0.15) is 40.6 Å². The third kappa shape index (κ3) is 4.66. The summed E-state index contributed by atoms with van der Waals surface area (Å²) < 4.78 is 24.9. The minimum Gasteiger partial charge on any atom is -0.496 e. The standard InChI is InChI=1S/C30H28FN3O5/c1-29(28(32)36)16-39-26-22(29)14-24(34-25(26)17-8-10-20(31)11-9-17)30(2,37)15-33-27(35)19-12-18-6-4-5-7-21(18)23(13-19)38-3/h4-14,37H,15-16H2,1-3H3,(H2,32,36)(H,33,35)/t29-,30-/m0/s1. The predicted octanol–water partition coefficient (Wildman–Crippen LogP) is 3.82. The van der Waals surface area contributed by atoms with E-state index in [9.17, 15) is 19.1 Å². The SMILES string of the molecule is COc1cc(C(=O)NC[C@](C)(O)c2cc3c(c(-c4ccc(F)cc4)n2)OC[C@]3(C)C(N)=O)cc2ccccc12. The van der Waals surface area contributed by atoms with Crippen LogP contribution in [0.5, 0.6) is 11.5 Å². The first-order valence-electron chi connectivity index (χ1n) is 12.4. The normalized spacial score (nSPS) is 17.7. The van der Waals surface area contributed by atoms with Gasteiger partial charge < -0.3 is 25.6 Å². The van der Waals surface area contributed by atoms with E-state index in [0.717, 1.165) is 10.8 Å². The van der Waals surface area contributed by atoms with Gasteiger partial charge in [-0.2, -0.15) is 0 Å². The number of carbonyl (C=O) groups excluding carboxylic acids is 2. The second kappa shape index (κ2) is 9.67. The number of hydrogen-bond donors (Lipinski definition) is 3. The molecule has 4 aromatic rings. The predicted molar refractivity (Wildman–Crippen MR) is 144 cm³/mol. The Morgan fingerprint density at radius 2 is 1.90 bits per heavy atom. The van der Waals surface area contributed by atoms with Crippen molar-refractivity contribution in [2.75, 3.05) is 20.3 Å². The number of nitrogens with zero attached hydrogens (tertiary/aromatic N) is 1. The molecule has 2 amide bonds. The van der Waals surface area contributed by atoms with Crippen LogP contribution in [0.2, 0.25) is 0 Å². The molecule has 0 fully saturated rings. The molecule has 0 unspecified atom stereocenters. The number of benzene rings is 3. The van der Waals surface area contributed by atoms with Crippen LogP contribution in [0.3, 0.4) is 0 Å². The van der Waals surface area contributed by atoms with Gasteiger partial charge in [-0.3, -0.25) is 9.59 Å². The van der Waals surface area contributed by atoms with Crippen molar-refractivity contribution in [2.24, 2.45) is 5.73 Å². The molecule has 39 heavy (non-hydrogen) atoms. The number of primary amides is 1. The van der Waals surface area contributed by atoms with Crippen molar-refractivity contribution in [3.8, 4) is 22.8 Å². The molecule has 2 heterocycles. The highest BCUT2D eigenvalue weighted by molar-refractivity contribution is 6.01. The van der Waals surface area contributed by atoms with Crippen molar-refractivity contribution in [3.05, 3.63) is 89.4 Å². The van der Waals surface area contributed by atoms with Crippen molar-refractivity contribution in [3.63, 3.8) is 0 Å². The first kappa shape index (κ1) is 26.1. The molecule has 0 aliphatic carbocycles. The summed E-state index contributed by atoms with van der Waals surface area (Å²) in [6.07, 6.45) is 0. The summed E-state index contributed by atoms with van der Waals surface area (Å²) in [5, 5.41) is 16.0. The summed E-state index contributed by atoms with van der Waals surface area (Å²) in [5.74, 6) is -0.532. The Bertz CT molecular complexity index is 1600. The minimum absolute atomic E-state index is 0.000327. The number of carbonyl (C=O) groups is 2. The van der Waals surface area contributed by atoms with Gasteiger partial charge in [0.25, 0.3) is 5.91 Å². The van der Waals surface area contributed by atoms with Crippen LogP contribution in [0.15, 0.2) is 66.7 Å². The van der Waals surface area contributed by atoms with E-state index in [1.54, 1.807) is 25.1 Å². The number of methoxy groups -OCH3 is 1. The molecule has 0 saturated carbocycles. The maximum atomic E-state index is 13.6. The monoisotopic (exact) mass is 529 g/mol. The number of nitrogens with one attached hydrogen (secondary N) is 1. The smallest absolute Gasteiger partial charge is 0.251 e. The van der Waals surface area contributed by atoms with Crippen LogP contribution >= 0.6 is 0 Å². The molecule has 0 bridgehead atoms. The molecule has 5 rings (SSSR count). The van der Waals surface area contributed by atoms with Gasteiger partial charge in [0, 0.05) is 22.1 Å². The van der Waals surface area contributed by atoms with E-state index in [2.05, 4.69) is 10.3 Å². The molecule has 1 aromatic heterocycles. The fraction of sp³-hybridized carbons (Fsp3) is 0.233. The van der Waals surface area contributed by atoms with E-state index >= 15 is 0 Å². The van der Waals surface area contributed by atoms with Gasteiger partial charge in [-0.25, -0.2) is 9.37 Å². The fourth-order valence-electron chi connectivity index (χ4n) is 4.69. The summed E-state index contributed by atoms with van der Waals surface area (Å²) in [7, 11) is 1.54. The maximum Gasteiger partial charge on any atom is 0.251 e. The number of halogens is 1. The lowest BCUT2D eigenvalue weighted by Gasteiger charge is -2.26. The summed E-state index contributed by atoms with van der Waals surface area (Å²) >= 11 is 0. The Morgan fingerprint density at radius 1 is 1.18 bits per heavy atom. The molecule has 0 spiro atoms. The molecular weight excluding hydrogens is 501 g/mol. The fourth-order valence-corrected chi connectivity index (χ4v) is 4.69. The van der Waals surface area contributed by atoms with Crippen LogP contribution in [-0.4, -0.2) is 42.2 Å². The number of nitrogens with two attached hydrogens (primary N) is 1. The van der Waals surface area contributed by atoms with Crippen LogP contribution in [0, 0.1) is 5.82 Å². The van der Waals surface area contributed by atoms with Crippen molar-refractivity contribution < 1.29 is 28.6 Å². The molecule has 0 saturated heterocycles. The number of amides is 2. The Balaban J connectivity index is 1.49. The quantitative estimate of drug-likeness (QED) is 0.334. The van der Waals surface area contributed by atoms with E-state index in [0.29, 0.717) is 33.9 Å². The topological polar surface area (TPSA) is 124 Å². The zero-order valence-electron chi connectivity index (χ0n) is 21.7. The average Bonchev–Trinajstić information content (AvgIpc) is 3.29. The van der Waals surface area contributed by atoms with E-state index in [1.807, 2.05) is 24.3 Å². The molecule has 0 radical (unpaired) electrons. The van der Waals surface area contributed by atoms with Crippen molar-refractivity contribution in [2.45, 2.75) is 24.9 Å². The summed E-state index contributed by atoms with van der Waals surface area (Å²) in [6, 6.07) is 18.2. The summed E-state index contributed by atoms with van der Waals surface area (Å²) in [4.78, 5) is 30.2. The molecule has 4 N–H and O–H groups in total. The molecular formula is C30H28FN3O5. The van der Waals surface area contributed by atoms with Gasteiger partial charge >= 0.3 is 0 Å². The van der Waals surface area contributed by atoms with Crippen molar-refractivity contribution in [1.29, 1.82) is 0 Å². The first-order chi connectivity index (χ1) is 18.5. The Kier molecular flexibility index (Phi) is 6.47. The molecule has 2 atom stereocenters.